The first-order valence-electron chi connectivity index (χ1n) is 6.82. The topological polar surface area (TPSA) is 41.1 Å². The fourth-order valence-electron chi connectivity index (χ4n) is 1.72. The van der Waals surface area contributed by atoms with E-state index in [1.165, 1.54) is 0 Å². The second kappa shape index (κ2) is 9.55. The van der Waals surface area contributed by atoms with Crippen molar-refractivity contribution in [2.75, 3.05) is 37.2 Å². The number of nitrogens with one attached hydrogen (secondary N) is 1. The van der Waals surface area contributed by atoms with Crippen LogP contribution in [0.25, 0.3) is 0 Å². The Balaban J connectivity index is 2.41. The summed E-state index contributed by atoms with van der Waals surface area (Å²) in [5.74, 6) is 1.88. The second-order valence-electron chi connectivity index (χ2n) is 4.09. The molecule has 0 fully saturated rings. The van der Waals surface area contributed by atoms with E-state index < -0.39 is 0 Å². The summed E-state index contributed by atoms with van der Waals surface area (Å²) in [6, 6.07) is 0. The van der Waals surface area contributed by atoms with Crippen LogP contribution in [0.5, 0.6) is 0 Å². The Morgan fingerprint density at radius 2 is 2.05 bits per heavy atom. The third-order valence-electron chi connectivity index (χ3n) is 2.83. The Bertz CT molecular complexity index is 372. The first-order valence-corrected chi connectivity index (χ1v) is 8.60. The van der Waals surface area contributed by atoms with Gasteiger partial charge in [-0.2, -0.15) is 0 Å². The average molecular weight is 347 g/mol. The maximum atomic E-state index is 4.50. The zero-order valence-electron chi connectivity index (χ0n) is 11.9. The number of anilines is 1. The maximum absolute atomic E-state index is 4.50. The van der Waals surface area contributed by atoms with Gasteiger partial charge in [0.25, 0.3) is 0 Å². The van der Waals surface area contributed by atoms with Crippen molar-refractivity contribution in [1.82, 2.24) is 14.9 Å². The van der Waals surface area contributed by atoms with E-state index in [0.29, 0.717) is 0 Å². The fraction of sp³-hybridized carbons (Fsp3) is 0.692. The van der Waals surface area contributed by atoms with E-state index in [0.717, 1.165) is 53.8 Å². The minimum absolute atomic E-state index is 0.831. The molecule has 0 spiro atoms. The molecule has 0 radical (unpaired) electrons. The third kappa shape index (κ3) is 6.10. The van der Waals surface area contributed by atoms with Crippen LogP contribution in [0.4, 0.5) is 5.82 Å². The molecule has 1 heterocycles. The molecule has 1 aromatic rings. The van der Waals surface area contributed by atoms with Gasteiger partial charge in [-0.3, -0.25) is 0 Å². The minimum Gasteiger partial charge on any atom is -0.369 e. The van der Waals surface area contributed by atoms with Gasteiger partial charge in [0.05, 0.1) is 4.47 Å². The van der Waals surface area contributed by atoms with E-state index >= 15 is 0 Å². The highest BCUT2D eigenvalue weighted by atomic mass is 79.9. The van der Waals surface area contributed by atoms with Crippen LogP contribution in [-0.2, 0) is 0 Å². The normalized spacial score (nSPS) is 11.0. The molecule has 0 aliphatic heterocycles. The molecule has 0 aliphatic rings. The number of nitrogens with zero attached hydrogens (tertiary/aromatic N) is 3. The van der Waals surface area contributed by atoms with E-state index in [4.69, 9.17) is 0 Å². The molecule has 0 amide bonds. The summed E-state index contributed by atoms with van der Waals surface area (Å²) in [6.07, 6.45) is 2.94. The largest absolute Gasteiger partial charge is 0.369 e. The summed E-state index contributed by atoms with van der Waals surface area (Å²) in [5, 5.41) is 4.21. The van der Waals surface area contributed by atoms with Gasteiger partial charge < -0.3 is 10.2 Å². The van der Waals surface area contributed by atoms with Gasteiger partial charge in [0.15, 0.2) is 5.16 Å². The highest BCUT2D eigenvalue weighted by Gasteiger charge is 2.05. The summed E-state index contributed by atoms with van der Waals surface area (Å²) in [4.78, 5) is 11.2. The van der Waals surface area contributed by atoms with Crippen molar-refractivity contribution in [1.29, 1.82) is 0 Å². The molecule has 0 saturated carbocycles. The van der Waals surface area contributed by atoms with Crippen LogP contribution in [0, 0.1) is 0 Å². The Morgan fingerprint density at radius 3 is 2.68 bits per heavy atom. The van der Waals surface area contributed by atoms with Gasteiger partial charge in [-0.05, 0) is 47.7 Å². The van der Waals surface area contributed by atoms with E-state index in [1.807, 2.05) is 6.20 Å². The first kappa shape index (κ1) is 16.7. The van der Waals surface area contributed by atoms with Crippen molar-refractivity contribution in [3.8, 4) is 0 Å². The number of halogens is 1. The Hall–Kier alpha value is -0.330. The molecule has 0 aliphatic carbocycles. The summed E-state index contributed by atoms with van der Waals surface area (Å²) in [5.41, 5.74) is 0. The van der Waals surface area contributed by atoms with Crippen LogP contribution in [0.1, 0.15) is 27.2 Å². The van der Waals surface area contributed by atoms with Crippen molar-refractivity contribution in [2.45, 2.75) is 32.3 Å². The molecular weight excluding hydrogens is 324 g/mol. The predicted octanol–water partition coefficient (Wildman–Crippen LogP) is 3.49. The van der Waals surface area contributed by atoms with Gasteiger partial charge in [0, 0.05) is 12.7 Å². The Labute approximate surface area is 128 Å². The summed E-state index contributed by atoms with van der Waals surface area (Å²) >= 11 is 5.14. The molecule has 0 unspecified atom stereocenters. The molecule has 0 bridgehead atoms. The molecule has 108 valence electrons. The van der Waals surface area contributed by atoms with Crippen LogP contribution in [0.3, 0.4) is 0 Å². The van der Waals surface area contributed by atoms with Gasteiger partial charge in [-0.25, -0.2) is 9.97 Å². The quantitative estimate of drug-likeness (QED) is 0.421. The maximum Gasteiger partial charge on any atom is 0.189 e. The smallest absolute Gasteiger partial charge is 0.189 e. The fourth-order valence-corrected chi connectivity index (χ4v) is 2.60. The summed E-state index contributed by atoms with van der Waals surface area (Å²) in [7, 11) is 0. The molecule has 1 aromatic heterocycles. The van der Waals surface area contributed by atoms with Gasteiger partial charge in [0.1, 0.15) is 5.82 Å². The molecule has 0 saturated heterocycles. The summed E-state index contributed by atoms with van der Waals surface area (Å²) < 4.78 is 0.927. The number of thioether (sulfide) groups is 1. The number of hydrogen-bond acceptors (Lipinski definition) is 5. The molecular formula is C13H23BrN4S. The molecule has 4 nitrogen and oxygen atoms in total. The lowest BCUT2D eigenvalue weighted by molar-refractivity contribution is 0.303. The number of hydrogen-bond donors (Lipinski definition) is 1. The molecule has 1 N–H and O–H groups in total. The lowest BCUT2D eigenvalue weighted by atomic mass is 10.3. The lowest BCUT2D eigenvalue weighted by Gasteiger charge is -2.18. The second-order valence-corrected chi connectivity index (χ2v) is 6.17. The standard InChI is InChI=1S/C13H23BrN4S/c1-4-18(5-2)9-7-8-15-12-11(14)10-16-13(17-12)19-6-3/h10H,4-9H2,1-3H3,(H,15,16,17). The first-order chi connectivity index (χ1) is 9.21. The van der Waals surface area contributed by atoms with Crippen LogP contribution in [-0.4, -0.2) is 46.8 Å². The Morgan fingerprint density at radius 1 is 1.32 bits per heavy atom. The van der Waals surface area contributed by atoms with E-state index in [9.17, 15) is 0 Å². The van der Waals surface area contributed by atoms with Crippen molar-refractivity contribution in [3.63, 3.8) is 0 Å². The highest BCUT2D eigenvalue weighted by Crippen LogP contribution is 2.22. The monoisotopic (exact) mass is 346 g/mol. The lowest BCUT2D eigenvalue weighted by Crippen LogP contribution is -2.25. The third-order valence-corrected chi connectivity index (χ3v) is 4.16. The highest BCUT2D eigenvalue weighted by molar-refractivity contribution is 9.10. The molecule has 6 heteroatoms. The van der Waals surface area contributed by atoms with Gasteiger partial charge in [-0.1, -0.05) is 32.5 Å². The van der Waals surface area contributed by atoms with Crippen LogP contribution in [0.15, 0.2) is 15.8 Å². The molecule has 1 rings (SSSR count). The predicted molar refractivity (Wildman–Crippen MR) is 87.0 cm³/mol. The zero-order chi connectivity index (χ0) is 14.1. The SMILES string of the molecule is CCSc1ncc(Br)c(NCCCN(CC)CC)n1. The molecule has 0 atom stereocenters. The van der Waals surface area contributed by atoms with Crippen molar-refractivity contribution >= 4 is 33.5 Å². The van der Waals surface area contributed by atoms with Gasteiger partial charge >= 0.3 is 0 Å². The van der Waals surface area contributed by atoms with Gasteiger partial charge in [0.2, 0.25) is 0 Å². The van der Waals surface area contributed by atoms with Crippen molar-refractivity contribution in [2.24, 2.45) is 0 Å². The van der Waals surface area contributed by atoms with E-state index in [1.54, 1.807) is 11.8 Å². The van der Waals surface area contributed by atoms with Crippen molar-refractivity contribution in [3.05, 3.63) is 10.7 Å². The molecule has 19 heavy (non-hydrogen) atoms. The average Bonchev–Trinajstić information content (AvgIpc) is 2.42. The Kier molecular flexibility index (Phi) is 8.41. The van der Waals surface area contributed by atoms with E-state index in [-0.39, 0.29) is 0 Å². The minimum atomic E-state index is 0.831. The number of aromatic nitrogens is 2. The van der Waals surface area contributed by atoms with E-state index in [2.05, 4.69) is 56.9 Å². The van der Waals surface area contributed by atoms with Crippen LogP contribution in [0.2, 0.25) is 0 Å². The van der Waals surface area contributed by atoms with Crippen molar-refractivity contribution < 1.29 is 0 Å². The van der Waals surface area contributed by atoms with Crippen LogP contribution >= 0.6 is 27.7 Å². The van der Waals surface area contributed by atoms with Crippen LogP contribution < -0.4 is 5.32 Å². The summed E-state index contributed by atoms with van der Waals surface area (Å²) in [6.45, 7) is 10.8. The zero-order valence-corrected chi connectivity index (χ0v) is 14.4. The molecule has 0 aromatic carbocycles. The van der Waals surface area contributed by atoms with Gasteiger partial charge in [-0.15, -0.1) is 0 Å². The number of rotatable bonds is 9.